The van der Waals surface area contributed by atoms with E-state index in [0.717, 1.165) is 10.4 Å². The number of benzene rings is 2. The lowest BCUT2D eigenvalue weighted by Gasteiger charge is -2.20. The van der Waals surface area contributed by atoms with Crippen LogP contribution >= 0.6 is 11.3 Å². The summed E-state index contributed by atoms with van der Waals surface area (Å²) in [5.74, 6) is -0.919. The largest absolute Gasteiger partial charge is 0.397 e. The number of nitrogens with zero attached hydrogens (tertiary/aromatic N) is 1. The van der Waals surface area contributed by atoms with Gasteiger partial charge in [-0.3, -0.25) is 14.4 Å². The van der Waals surface area contributed by atoms with Crippen LogP contribution in [0, 0.1) is 0 Å². The van der Waals surface area contributed by atoms with E-state index in [1.165, 1.54) is 11.8 Å². The summed E-state index contributed by atoms with van der Waals surface area (Å²) in [5.41, 5.74) is 8.74. The van der Waals surface area contributed by atoms with E-state index >= 15 is 0 Å². The Labute approximate surface area is 201 Å². The van der Waals surface area contributed by atoms with Crippen molar-refractivity contribution in [3.8, 4) is 10.4 Å². The topological polar surface area (TPSA) is 125 Å². The van der Waals surface area contributed by atoms with Crippen LogP contribution in [-0.4, -0.2) is 46.9 Å². The summed E-state index contributed by atoms with van der Waals surface area (Å²) in [5, 5.41) is 18.2. The number of carbonyl (C=O) groups excluding carboxylic acids is 3. The number of carbonyl (C=O) groups is 3. The molecular formula is C25H26N4O4S. The van der Waals surface area contributed by atoms with E-state index in [1.807, 2.05) is 29.6 Å². The second-order valence-electron chi connectivity index (χ2n) is 8.23. The number of amides is 3. The van der Waals surface area contributed by atoms with Gasteiger partial charge in [0.05, 0.1) is 11.4 Å². The van der Waals surface area contributed by atoms with Gasteiger partial charge in [-0.25, -0.2) is 0 Å². The standard InChI is InChI=1S/C25H26N4O4S/c1-15(30)27-19-10-11-29(14-19)25(33)23(31)16-4-6-17(7-5-16)24(32)28-21-13-18(8-9-20(21)26)22-3-2-12-34-22/h2-9,12-13,19,23,31H,10-11,14,26H2,1H3,(H,27,30)(H,28,32). The van der Waals surface area contributed by atoms with Crippen molar-refractivity contribution in [1.82, 2.24) is 10.2 Å². The smallest absolute Gasteiger partial charge is 0.256 e. The number of anilines is 2. The predicted octanol–water partition coefficient (Wildman–Crippen LogP) is 3.02. The van der Waals surface area contributed by atoms with Crippen LogP contribution in [0.4, 0.5) is 11.4 Å². The van der Waals surface area contributed by atoms with Crippen molar-refractivity contribution in [1.29, 1.82) is 0 Å². The first-order chi connectivity index (χ1) is 16.3. The van der Waals surface area contributed by atoms with Crippen molar-refractivity contribution in [3.05, 3.63) is 71.1 Å². The first-order valence-corrected chi connectivity index (χ1v) is 11.8. The van der Waals surface area contributed by atoms with Crippen LogP contribution < -0.4 is 16.4 Å². The highest BCUT2D eigenvalue weighted by molar-refractivity contribution is 7.13. The number of rotatable bonds is 6. The summed E-state index contributed by atoms with van der Waals surface area (Å²) in [4.78, 5) is 39.3. The third kappa shape index (κ3) is 5.27. The number of nitrogen functional groups attached to an aromatic ring is 1. The van der Waals surface area contributed by atoms with Crippen molar-refractivity contribution in [2.75, 3.05) is 24.1 Å². The Morgan fingerprint density at radius 1 is 1.15 bits per heavy atom. The first-order valence-electron chi connectivity index (χ1n) is 10.9. The third-order valence-electron chi connectivity index (χ3n) is 5.74. The fourth-order valence-electron chi connectivity index (χ4n) is 3.95. The van der Waals surface area contributed by atoms with Crippen LogP contribution in [0.25, 0.3) is 10.4 Å². The maximum absolute atomic E-state index is 12.8. The van der Waals surface area contributed by atoms with E-state index in [1.54, 1.807) is 41.7 Å². The zero-order valence-corrected chi connectivity index (χ0v) is 19.5. The molecular weight excluding hydrogens is 452 g/mol. The molecule has 2 atom stereocenters. The second-order valence-corrected chi connectivity index (χ2v) is 9.18. The summed E-state index contributed by atoms with van der Waals surface area (Å²) in [7, 11) is 0. The second kappa shape index (κ2) is 10.1. The predicted molar refractivity (Wildman–Crippen MR) is 132 cm³/mol. The van der Waals surface area contributed by atoms with Gasteiger partial charge in [-0.2, -0.15) is 0 Å². The van der Waals surface area contributed by atoms with Gasteiger partial charge in [0.15, 0.2) is 6.10 Å². The highest BCUT2D eigenvalue weighted by Crippen LogP contribution is 2.30. The van der Waals surface area contributed by atoms with Gasteiger partial charge in [-0.15, -0.1) is 11.3 Å². The lowest BCUT2D eigenvalue weighted by molar-refractivity contribution is -0.139. The summed E-state index contributed by atoms with van der Waals surface area (Å²) in [6.45, 7) is 2.26. The minimum atomic E-state index is -1.34. The normalized spacial score (nSPS) is 16.2. The van der Waals surface area contributed by atoms with Crippen LogP contribution in [-0.2, 0) is 9.59 Å². The molecule has 2 heterocycles. The molecule has 5 N–H and O–H groups in total. The molecule has 9 heteroatoms. The molecule has 1 saturated heterocycles. The fourth-order valence-corrected chi connectivity index (χ4v) is 4.68. The molecule has 0 bridgehead atoms. The van der Waals surface area contributed by atoms with E-state index in [9.17, 15) is 19.5 Å². The van der Waals surface area contributed by atoms with E-state index in [4.69, 9.17) is 5.73 Å². The molecule has 3 aromatic rings. The summed E-state index contributed by atoms with van der Waals surface area (Å²) < 4.78 is 0. The lowest BCUT2D eigenvalue weighted by atomic mass is 10.1. The number of aliphatic hydroxyl groups is 1. The van der Waals surface area contributed by atoms with Crippen molar-refractivity contribution < 1.29 is 19.5 Å². The number of hydrogen-bond donors (Lipinski definition) is 4. The van der Waals surface area contributed by atoms with Crippen LogP contribution in [0.1, 0.15) is 35.4 Å². The van der Waals surface area contributed by atoms with Crippen molar-refractivity contribution >= 4 is 40.4 Å². The summed E-state index contributed by atoms with van der Waals surface area (Å²) >= 11 is 1.60. The van der Waals surface area contributed by atoms with Gasteiger partial charge >= 0.3 is 0 Å². The van der Waals surface area contributed by atoms with Crippen molar-refractivity contribution in [3.63, 3.8) is 0 Å². The van der Waals surface area contributed by atoms with E-state index in [0.29, 0.717) is 42.0 Å². The molecule has 1 aliphatic heterocycles. The van der Waals surface area contributed by atoms with E-state index in [-0.39, 0.29) is 17.9 Å². The summed E-state index contributed by atoms with van der Waals surface area (Å²) in [6, 6.07) is 15.6. The molecule has 0 saturated carbocycles. The molecule has 2 aromatic carbocycles. The molecule has 2 unspecified atom stereocenters. The lowest BCUT2D eigenvalue weighted by Crippen LogP contribution is -2.38. The van der Waals surface area contributed by atoms with Gasteiger partial charge < -0.3 is 26.4 Å². The Morgan fingerprint density at radius 3 is 2.59 bits per heavy atom. The quantitative estimate of drug-likeness (QED) is 0.406. The average molecular weight is 479 g/mol. The van der Waals surface area contributed by atoms with Gasteiger partial charge in [-0.1, -0.05) is 24.3 Å². The molecule has 3 amide bonds. The number of hydrogen-bond acceptors (Lipinski definition) is 6. The summed E-state index contributed by atoms with van der Waals surface area (Å²) in [6.07, 6.45) is -0.695. The Kier molecular flexibility index (Phi) is 6.95. The molecule has 176 valence electrons. The number of nitrogens with two attached hydrogens (primary N) is 1. The number of nitrogens with one attached hydrogen (secondary N) is 2. The average Bonchev–Trinajstić information content (AvgIpc) is 3.52. The molecule has 0 spiro atoms. The van der Waals surface area contributed by atoms with Gasteiger partial charge in [0.2, 0.25) is 5.91 Å². The van der Waals surface area contributed by atoms with Crippen LogP contribution in [0.15, 0.2) is 60.0 Å². The fraction of sp³-hybridized carbons (Fsp3) is 0.240. The molecule has 1 aromatic heterocycles. The SMILES string of the molecule is CC(=O)NC1CCN(C(=O)C(O)c2ccc(C(=O)Nc3cc(-c4cccs4)ccc3N)cc2)C1. The zero-order valence-electron chi connectivity index (χ0n) is 18.7. The molecule has 1 aliphatic rings. The number of likely N-dealkylation sites (tertiary alicyclic amines) is 1. The molecule has 0 radical (unpaired) electrons. The minimum absolute atomic E-state index is 0.106. The van der Waals surface area contributed by atoms with Crippen molar-refractivity contribution in [2.45, 2.75) is 25.5 Å². The monoisotopic (exact) mass is 478 g/mol. The number of thiophene rings is 1. The maximum atomic E-state index is 12.8. The van der Waals surface area contributed by atoms with Gasteiger partial charge in [0.1, 0.15) is 0 Å². The molecule has 4 rings (SSSR count). The Morgan fingerprint density at radius 2 is 1.91 bits per heavy atom. The Hall–Kier alpha value is -3.69. The number of aliphatic hydroxyl groups excluding tert-OH is 1. The third-order valence-corrected chi connectivity index (χ3v) is 6.66. The van der Waals surface area contributed by atoms with Gasteiger partial charge in [-0.05, 0) is 53.3 Å². The molecule has 0 aliphatic carbocycles. The van der Waals surface area contributed by atoms with Gasteiger partial charge in [0.25, 0.3) is 11.8 Å². The highest BCUT2D eigenvalue weighted by atomic mass is 32.1. The zero-order chi connectivity index (χ0) is 24.2. The molecule has 8 nitrogen and oxygen atoms in total. The molecule has 1 fully saturated rings. The Bertz CT molecular complexity index is 1190. The minimum Gasteiger partial charge on any atom is -0.397 e. The van der Waals surface area contributed by atoms with Crippen LogP contribution in [0.3, 0.4) is 0 Å². The molecule has 34 heavy (non-hydrogen) atoms. The van der Waals surface area contributed by atoms with E-state index in [2.05, 4.69) is 10.6 Å². The first kappa shape index (κ1) is 23.5. The highest BCUT2D eigenvalue weighted by Gasteiger charge is 2.31. The van der Waals surface area contributed by atoms with Crippen molar-refractivity contribution in [2.24, 2.45) is 0 Å². The van der Waals surface area contributed by atoms with Crippen LogP contribution in [0.2, 0.25) is 0 Å². The Balaban J connectivity index is 1.40. The van der Waals surface area contributed by atoms with Gasteiger partial charge in [0, 0.05) is 36.5 Å². The van der Waals surface area contributed by atoms with E-state index < -0.39 is 12.0 Å². The maximum Gasteiger partial charge on any atom is 0.256 e. The van der Waals surface area contributed by atoms with Crippen LogP contribution in [0.5, 0.6) is 0 Å².